The predicted octanol–water partition coefficient (Wildman–Crippen LogP) is 3.99. The van der Waals surface area contributed by atoms with E-state index in [2.05, 4.69) is 26.6 Å². The Kier molecular flexibility index (Phi) is 6.24. The molecule has 0 spiro atoms. The summed E-state index contributed by atoms with van der Waals surface area (Å²) >= 11 is 11.7. The topological polar surface area (TPSA) is 40.2 Å². The number of aryl methyl sites for hydroxylation is 1. The van der Waals surface area contributed by atoms with Gasteiger partial charge in [-0.15, -0.1) is 0 Å². The minimum Gasteiger partial charge on any atom is -0.360 e. The fourth-order valence-corrected chi connectivity index (χ4v) is 3.58. The Morgan fingerprint density at radius 2 is 2.08 bits per heavy atom. The van der Waals surface area contributed by atoms with Crippen molar-refractivity contribution < 1.29 is 0 Å². The van der Waals surface area contributed by atoms with E-state index in [1.165, 1.54) is 0 Å². The van der Waals surface area contributed by atoms with Gasteiger partial charge in [0, 0.05) is 31.9 Å². The molecule has 2 N–H and O–H groups in total. The Balaban J connectivity index is 1.44. The third-order valence-corrected chi connectivity index (χ3v) is 4.94. The van der Waals surface area contributed by atoms with Gasteiger partial charge in [-0.25, -0.2) is 0 Å². The van der Waals surface area contributed by atoms with Gasteiger partial charge in [-0.2, -0.15) is 0 Å². The first-order valence-electron chi connectivity index (χ1n) is 8.56. The van der Waals surface area contributed by atoms with Gasteiger partial charge in [-0.05, 0) is 61.8 Å². The molecule has 0 radical (unpaired) electrons. The zero-order valence-corrected chi connectivity index (χ0v) is 15.9. The van der Waals surface area contributed by atoms with E-state index < -0.39 is 0 Å². The van der Waals surface area contributed by atoms with Crippen molar-refractivity contribution in [3.8, 4) is 0 Å². The monoisotopic (exact) mass is 374 g/mol. The summed E-state index contributed by atoms with van der Waals surface area (Å²) in [5.41, 5.74) is 3.10. The summed E-state index contributed by atoms with van der Waals surface area (Å²) in [6.45, 7) is 5.02. The molecule has 0 bridgehead atoms. The van der Waals surface area contributed by atoms with Gasteiger partial charge >= 0.3 is 0 Å². The van der Waals surface area contributed by atoms with E-state index in [-0.39, 0.29) is 0 Å². The number of nitrogens with zero attached hydrogens (tertiary/aromatic N) is 2. The Hall–Kier alpha value is -1.69. The molecule has 0 unspecified atom stereocenters. The highest BCUT2D eigenvalue weighted by molar-refractivity contribution is 7.80. The number of benzene rings is 1. The fraction of sp³-hybridized carbons (Fsp3) is 0.368. The lowest BCUT2D eigenvalue weighted by Crippen LogP contribution is -2.45. The standard InChI is InChI=1S/C19H23ClN4S/c1-14-5-6-18(17(20)12-14)23-19(25)22-15-7-10-24(11-8-15)13-16-4-2-3-9-21-16/h2-6,9,12,15H,7-8,10-11,13H2,1H3,(H2,22,23,25). The van der Waals surface area contributed by atoms with Crippen molar-refractivity contribution in [1.82, 2.24) is 15.2 Å². The lowest BCUT2D eigenvalue weighted by molar-refractivity contribution is 0.197. The maximum absolute atomic E-state index is 6.25. The van der Waals surface area contributed by atoms with Crippen LogP contribution >= 0.6 is 23.8 Å². The summed E-state index contributed by atoms with van der Waals surface area (Å²) in [5.74, 6) is 0. The summed E-state index contributed by atoms with van der Waals surface area (Å²) < 4.78 is 0. The van der Waals surface area contributed by atoms with Gasteiger partial charge in [0.1, 0.15) is 0 Å². The van der Waals surface area contributed by atoms with Crippen LogP contribution in [0.25, 0.3) is 0 Å². The quantitative estimate of drug-likeness (QED) is 0.792. The van der Waals surface area contributed by atoms with E-state index in [9.17, 15) is 0 Å². The highest BCUT2D eigenvalue weighted by Gasteiger charge is 2.20. The van der Waals surface area contributed by atoms with E-state index >= 15 is 0 Å². The van der Waals surface area contributed by atoms with Crippen molar-refractivity contribution in [2.75, 3.05) is 18.4 Å². The maximum atomic E-state index is 6.25. The van der Waals surface area contributed by atoms with Crippen molar-refractivity contribution >= 4 is 34.6 Å². The van der Waals surface area contributed by atoms with E-state index in [1.807, 2.05) is 43.5 Å². The maximum Gasteiger partial charge on any atom is 0.171 e. The number of hydrogen-bond acceptors (Lipinski definition) is 3. The van der Waals surface area contributed by atoms with Gasteiger partial charge in [0.2, 0.25) is 0 Å². The molecule has 1 saturated heterocycles. The minimum absolute atomic E-state index is 0.393. The first-order valence-corrected chi connectivity index (χ1v) is 9.35. The van der Waals surface area contributed by atoms with Crippen LogP contribution in [-0.4, -0.2) is 34.1 Å². The Labute approximate surface area is 159 Å². The van der Waals surface area contributed by atoms with Crippen LogP contribution in [0.15, 0.2) is 42.6 Å². The molecule has 1 aromatic carbocycles. The molecule has 4 nitrogen and oxygen atoms in total. The minimum atomic E-state index is 0.393. The smallest absolute Gasteiger partial charge is 0.171 e. The van der Waals surface area contributed by atoms with Crippen LogP contribution in [-0.2, 0) is 6.54 Å². The molecule has 1 aromatic heterocycles. The fourth-order valence-electron chi connectivity index (χ4n) is 3.02. The van der Waals surface area contributed by atoms with Gasteiger partial charge < -0.3 is 10.6 Å². The molecule has 0 amide bonds. The first-order chi connectivity index (χ1) is 12.1. The summed E-state index contributed by atoms with van der Waals surface area (Å²) in [7, 11) is 0. The van der Waals surface area contributed by atoms with Crippen molar-refractivity contribution in [3.63, 3.8) is 0 Å². The average molecular weight is 375 g/mol. The normalized spacial score (nSPS) is 15.8. The van der Waals surface area contributed by atoms with E-state index in [4.69, 9.17) is 23.8 Å². The number of rotatable bonds is 4. The molecule has 2 heterocycles. The van der Waals surface area contributed by atoms with E-state index in [0.29, 0.717) is 16.2 Å². The molecule has 0 atom stereocenters. The molecule has 3 rings (SSSR count). The SMILES string of the molecule is Cc1ccc(NC(=S)NC2CCN(Cc3ccccn3)CC2)c(Cl)c1. The second-order valence-corrected chi connectivity index (χ2v) is 7.27. The van der Waals surface area contributed by atoms with Crippen LogP contribution in [0.4, 0.5) is 5.69 Å². The lowest BCUT2D eigenvalue weighted by atomic mass is 10.1. The molecule has 0 aliphatic carbocycles. The summed E-state index contributed by atoms with van der Waals surface area (Å²) in [4.78, 5) is 6.84. The van der Waals surface area contributed by atoms with Gasteiger partial charge in [-0.3, -0.25) is 9.88 Å². The van der Waals surface area contributed by atoms with Gasteiger partial charge in [0.15, 0.2) is 5.11 Å². The molecular formula is C19H23ClN4S. The number of aromatic nitrogens is 1. The zero-order valence-electron chi connectivity index (χ0n) is 14.3. The lowest BCUT2D eigenvalue weighted by Gasteiger charge is -2.32. The highest BCUT2D eigenvalue weighted by Crippen LogP contribution is 2.22. The number of thiocarbonyl (C=S) groups is 1. The molecule has 1 aliphatic rings. The van der Waals surface area contributed by atoms with Gasteiger partial charge in [0.05, 0.1) is 16.4 Å². The van der Waals surface area contributed by atoms with Gasteiger partial charge in [-0.1, -0.05) is 23.7 Å². The number of likely N-dealkylation sites (tertiary alicyclic amines) is 1. The second-order valence-electron chi connectivity index (χ2n) is 6.45. The van der Waals surface area contributed by atoms with Crippen LogP contribution in [0, 0.1) is 6.92 Å². The van der Waals surface area contributed by atoms with Crippen LogP contribution in [0.5, 0.6) is 0 Å². The van der Waals surface area contributed by atoms with Crippen molar-refractivity contribution in [3.05, 3.63) is 58.9 Å². The Morgan fingerprint density at radius 3 is 2.76 bits per heavy atom. The summed E-state index contributed by atoms with van der Waals surface area (Å²) in [5, 5.41) is 7.94. The number of halogens is 1. The average Bonchev–Trinajstić information content (AvgIpc) is 2.60. The van der Waals surface area contributed by atoms with Crippen LogP contribution in [0.1, 0.15) is 24.1 Å². The van der Waals surface area contributed by atoms with Crippen LogP contribution < -0.4 is 10.6 Å². The molecule has 1 fully saturated rings. The largest absolute Gasteiger partial charge is 0.360 e. The molecule has 25 heavy (non-hydrogen) atoms. The third kappa shape index (κ3) is 5.39. The molecule has 6 heteroatoms. The molecular weight excluding hydrogens is 352 g/mol. The van der Waals surface area contributed by atoms with Crippen molar-refractivity contribution in [1.29, 1.82) is 0 Å². The van der Waals surface area contributed by atoms with Crippen molar-refractivity contribution in [2.24, 2.45) is 0 Å². The number of nitrogens with one attached hydrogen (secondary N) is 2. The molecule has 0 saturated carbocycles. The summed E-state index contributed by atoms with van der Waals surface area (Å²) in [6, 6.07) is 12.4. The zero-order chi connectivity index (χ0) is 17.6. The van der Waals surface area contributed by atoms with Crippen LogP contribution in [0.2, 0.25) is 5.02 Å². The number of piperidine rings is 1. The van der Waals surface area contributed by atoms with E-state index in [0.717, 1.165) is 49.4 Å². The predicted molar refractivity (Wildman–Crippen MR) is 108 cm³/mol. The highest BCUT2D eigenvalue weighted by atomic mass is 35.5. The molecule has 1 aliphatic heterocycles. The Bertz CT molecular complexity index is 715. The molecule has 2 aromatic rings. The number of anilines is 1. The van der Waals surface area contributed by atoms with E-state index in [1.54, 1.807) is 0 Å². The number of hydrogen-bond donors (Lipinski definition) is 2. The summed E-state index contributed by atoms with van der Waals surface area (Å²) in [6.07, 6.45) is 3.98. The van der Waals surface area contributed by atoms with Crippen LogP contribution in [0.3, 0.4) is 0 Å². The van der Waals surface area contributed by atoms with Gasteiger partial charge in [0.25, 0.3) is 0 Å². The van der Waals surface area contributed by atoms with Crippen molar-refractivity contribution in [2.45, 2.75) is 32.4 Å². The first kappa shape index (κ1) is 18.1. The second kappa shape index (κ2) is 8.61. The third-order valence-electron chi connectivity index (χ3n) is 4.41. The molecule has 132 valence electrons. The number of pyridine rings is 1. The Morgan fingerprint density at radius 1 is 1.28 bits per heavy atom.